The molecule has 21 nitrogen and oxygen atoms in total. The number of carbonyl (C=O) groups excluding carboxylic acids is 2. The van der Waals surface area contributed by atoms with E-state index in [9.17, 15) is 40.2 Å². The van der Waals surface area contributed by atoms with Crippen LogP contribution in [0, 0.1) is 16.7 Å². The number of ether oxygens (including phenoxy) is 13. The monoisotopic (exact) mass is 1090 g/mol. The number of phenolic OH excluding ortho intramolecular Hbond substituents is 1. The van der Waals surface area contributed by atoms with Crippen molar-refractivity contribution < 1.29 is 102 Å². The summed E-state index contributed by atoms with van der Waals surface area (Å²) < 4.78 is 80.9. The first-order valence-electron chi connectivity index (χ1n) is 27.5. The van der Waals surface area contributed by atoms with E-state index in [4.69, 9.17) is 61.6 Å². The second-order valence-electron chi connectivity index (χ2n) is 23.5. The maximum atomic E-state index is 13.8. The molecule has 21 heteroatoms. The molecule has 4 saturated heterocycles. The number of phenols is 1. The first-order chi connectivity index (χ1) is 36.4. The number of aliphatic hydroxyl groups is 5. The Bertz CT molecular complexity index is 2290. The summed E-state index contributed by atoms with van der Waals surface area (Å²) >= 11 is 0. The molecular formula is C56H84O21. The van der Waals surface area contributed by atoms with Gasteiger partial charge in [-0.1, -0.05) is 30.7 Å². The third-order valence-corrected chi connectivity index (χ3v) is 19.6. The molecule has 9 rings (SSSR count). The van der Waals surface area contributed by atoms with Gasteiger partial charge in [0.15, 0.2) is 30.9 Å². The number of Topliss-reactive ketones (excluding diaryl/α,β-unsaturated/α-hetero) is 1. The summed E-state index contributed by atoms with van der Waals surface area (Å²) in [6.45, 7) is 12.2. The number of carbonyl (C=O) groups is 2. The summed E-state index contributed by atoms with van der Waals surface area (Å²) in [6.07, 6.45) is -8.69. The van der Waals surface area contributed by atoms with Crippen LogP contribution in [0.1, 0.15) is 123 Å². The predicted molar refractivity (Wildman–Crippen MR) is 269 cm³/mol. The van der Waals surface area contributed by atoms with Gasteiger partial charge in [0.2, 0.25) is 0 Å². The van der Waals surface area contributed by atoms with Crippen LogP contribution in [0.4, 0.5) is 0 Å². The Morgan fingerprint density at radius 3 is 1.73 bits per heavy atom. The molecule has 6 N–H and O–H groups in total. The average molecular weight is 1090 g/mol. The standard InChI is InChI=1S/C56H84O21/c1-27-44(59)49(68-11)45(60)51(72-27)77-48-30(4)71-43(25-38(48)67-10)76-47-29(3)70-42(24-37(47)66-9)75-46-28(2)69-41(23-36(46)65-8)73-33-17-18-52(6)32(22-33)16-19-55(63)39(52)26-40(74-50(61)34-14-12-13-15-35(34)58)53(7)54(62,31(5)57)20-21-56(53,55)64/h12-16,27-30,33,36-49,51,58-60,62-64H,17-26H2,1-11H3/t27-,28+,29+,30+,33-,36+,37+,38+,39+,40+,41-,42-,43-,44-,45-,46+,47+,48+,49+,51+,52-,53+,54+,55-,56+/m0/s1. The van der Waals surface area contributed by atoms with Gasteiger partial charge in [0, 0.05) is 53.6 Å². The Hall–Kier alpha value is -2.78. The summed E-state index contributed by atoms with van der Waals surface area (Å²) in [5.74, 6) is -2.41. The van der Waals surface area contributed by atoms with Crippen LogP contribution < -0.4 is 0 Å². The van der Waals surface area contributed by atoms with Gasteiger partial charge in [-0.15, -0.1) is 0 Å². The van der Waals surface area contributed by atoms with Crippen molar-refractivity contribution in [2.45, 2.75) is 246 Å². The molecule has 7 fully saturated rings. The quantitative estimate of drug-likeness (QED) is 0.108. The van der Waals surface area contributed by atoms with Crippen LogP contribution in [-0.4, -0.2) is 204 Å². The molecule has 77 heavy (non-hydrogen) atoms. The van der Waals surface area contributed by atoms with Gasteiger partial charge in [-0.2, -0.15) is 0 Å². The molecule has 434 valence electrons. The molecule has 0 unspecified atom stereocenters. The van der Waals surface area contributed by atoms with Crippen LogP contribution >= 0.6 is 0 Å². The van der Waals surface area contributed by atoms with E-state index in [1.54, 1.807) is 40.4 Å². The largest absolute Gasteiger partial charge is 0.507 e. The molecule has 0 amide bonds. The molecular weight excluding hydrogens is 1010 g/mol. The van der Waals surface area contributed by atoms with E-state index in [1.807, 2.05) is 26.8 Å². The first kappa shape index (κ1) is 58.9. The fourth-order valence-electron chi connectivity index (χ4n) is 15.0. The molecule has 0 aromatic heterocycles. The molecule has 4 aliphatic heterocycles. The first-order valence-corrected chi connectivity index (χ1v) is 27.5. The summed E-state index contributed by atoms with van der Waals surface area (Å²) in [7, 11) is 6.21. The third kappa shape index (κ3) is 10.1. The zero-order valence-electron chi connectivity index (χ0n) is 46.3. The number of fused-ring (bicyclic) bond motifs is 5. The lowest BCUT2D eigenvalue weighted by atomic mass is 9.42. The minimum Gasteiger partial charge on any atom is -0.507 e. The predicted octanol–water partition coefficient (Wildman–Crippen LogP) is 3.51. The topological polar surface area (TPSA) is 276 Å². The number of hydrogen-bond donors (Lipinski definition) is 6. The molecule has 1 aromatic rings. The fraction of sp³-hybridized carbons (Fsp3) is 0.821. The van der Waals surface area contributed by atoms with Crippen molar-refractivity contribution >= 4 is 11.8 Å². The van der Waals surface area contributed by atoms with Gasteiger partial charge in [0.1, 0.15) is 70.8 Å². The maximum absolute atomic E-state index is 13.8. The second kappa shape index (κ2) is 22.5. The van der Waals surface area contributed by atoms with Crippen LogP contribution in [0.25, 0.3) is 0 Å². The van der Waals surface area contributed by atoms with Crippen molar-refractivity contribution in [3.63, 3.8) is 0 Å². The molecule has 3 saturated carbocycles. The average Bonchev–Trinajstić information content (AvgIpc) is 3.94. The summed E-state index contributed by atoms with van der Waals surface area (Å²) in [5.41, 5.74) is -7.50. The van der Waals surface area contributed by atoms with Crippen LogP contribution in [-0.2, 0) is 66.4 Å². The molecule has 4 aliphatic carbocycles. The van der Waals surface area contributed by atoms with Gasteiger partial charge in [-0.3, -0.25) is 4.79 Å². The third-order valence-electron chi connectivity index (χ3n) is 19.6. The van der Waals surface area contributed by atoms with Gasteiger partial charge in [-0.25, -0.2) is 4.79 Å². The highest BCUT2D eigenvalue weighted by Gasteiger charge is 2.81. The van der Waals surface area contributed by atoms with Gasteiger partial charge in [0.25, 0.3) is 0 Å². The van der Waals surface area contributed by atoms with Crippen LogP contribution in [0.15, 0.2) is 35.9 Å². The van der Waals surface area contributed by atoms with Crippen LogP contribution in [0.5, 0.6) is 5.75 Å². The van der Waals surface area contributed by atoms with Gasteiger partial charge >= 0.3 is 5.97 Å². The van der Waals surface area contributed by atoms with Crippen molar-refractivity contribution in [1.29, 1.82) is 0 Å². The summed E-state index contributed by atoms with van der Waals surface area (Å²) in [4.78, 5) is 27.1. The van der Waals surface area contributed by atoms with Crippen molar-refractivity contribution in [1.82, 2.24) is 0 Å². The van der Waals surface area contributed by atoms with E-state index in [-0.39, 0.29) is 49.5 Å². The van der Waals surface area contributed by atoms with Crippen LogP contribution in [0.3, 0.4) is 0 Å². The van der Waals surface area contributed by atoms with Gasteiger partial charge in [-0.05, 0) is 104 Å². The van der Waals surface area contributed by atoms with E-state index >= 15 is 0 Å². The molecule has 0 spiro atoms. The lowest BCUT2D eigenvalue weighted by molar-refractivity contribution is -0.356. The number of aliphatic hydroxyl groups excluding tert-OH is 2. The van der Waals surface area contributed by atoms with E-state index in [1.165, 1.54) is 33.1 Å². The number of methoxy groups -OCH3 is 4. The lowest BCUT2D eigenvalue weighted by Gasteiger charge is -2.67. The number of hydrogen-bond acceptors (Lipinski definition) is 21. The Morgan fingerprint density at radius 2 is 1.19 bits per heavy atom. The van der Waals surface area contributed by atoms with Gasteiger partial charge in [0.05, 0.1) is 54.2 Å². The smallest absolute Gasteiger partial charge is 0.342 e. The lowest BCUT2D eigenvalue weighted by Crippen LogP contribution is -2.78. The zero-order chi connectivity index (χ0) is 55.7. The SMILES string of the molecule is CO[C@H]1[C@H](O)[C@@H](O[C@@H]2[C@@H](C)O[C@@H](O[C@@H]3[C@@H](C)O[C@@H](O[C@@H]4[C@@H](C)O[C@@H](O[C@H]5CC[C@@]6(C)C(=CC[C@]7(O)[C@@H]6C[C@@H](OC(=O)c6ccccc6O)[C@@]6(C)[C@]7(O)CC[C@@]6(O)C(C)=O)C5)C[C@H]4OC)C[C@H]3OC)C[C@H]2OC)O[C@@H](C)[C@@H]1O. The van der Waals surface area contributed by atoms with E-state index in [0.717, 1.165) is 5.57 Å². The number of benzene rings is 1. The fourth-order valence-corrected chi connectivity index (χ4v) is 15.0. The Morgan fingerprint density at radius 1 is 0.649 bits per heavy atom. The zero-order valence-corrected chi connectivity index (χ0v) is 46.3. The van der Waals surface area contributed by atoms with E-state index in [0.29, 0.717) is 32.1 Å². The number of esters is 1. The second-order valence-corrected chi connectivity index (χ2v) is 23.5. The maximum Gasteiger partial charge on any atom is 0.342 e. The van der Waals surface area contributed by atoms with Crippen molar-refractivity contribution in [3.8, 4) is 5.75 Å². The molecule has 1 aromatic carbocycles. The highest BCUT2D eigenvalue weighted by molar-refractivity contribution is 5.93. The summed E-state index contributed by atoms with van der Waals surface area (Å²) in [6, 6.07) is 5.95. The van der Waals surface area contributed by atoms with Crippen LogP contribution in [0.2, 0.25) is 0 Å². The van der Waals surface area contributed by atoms with Crippen molar-refractivity contribution in [3.05, 3.63) is 41.5 Å². The normalized spacial score (nSPS) is 49.0. The van der Waals surface area contributed by atoms with Crippen molar-refractivity contribution in [2.75, 3.05) is 28.4 Å². The molecule has 8 aliphatic rings. The number of rotatable bonds is 15. The summed E-state index contributed by atoms with van der Waals surface area (Å²) in [5, 5.41) is 70.0. The highest BCUT2D eigenvalue weighted by atomic mass is 16.8. The van der Waals surface area contributed by atoms with Crippen molar-refractivity contribution in [2.24, 2.45) is 16.7 Å². The molecule has 0 radical (unpaired) electrons. The Kier molecular flexibility index (Phi) is 17.2. The Balaban J connectivity index is 0.814. The van der Waals surface area contributed by atoms with E-state index in [2.05, 4.69) is 6.92 Å². The Labute approximate surface area is 451 Å². The minimum atomic E-state index is -2.11. The number of aromatic hydroxyl groups is 1. The van der Waals surface area contributed by atoms with Gasteiger partial charge < -0.3 is 92.2 Å². The number of ketones is 1. The molecule has 25 atom stereocenters. The highest BCUT2D eigenvalue weighted by Crippen LogP contribution is 2.71. The minimum absolute atomic E-state index is 0.0410. The molecule has 4 heterocycles. The number of para-hydroxylation sites is 1. The molecule has 0 bridgehead atoms. The van der Waals surface area contributed by atoms with E-state index < -0.39 is 156 Å².